The first-order chi connectivity index (χ1) is 17.4. The zero-order valence-electron chi connectivity index (χ0n) is 18.7. The maximum atomic E-state index is 12.6. The molecule has 3 heterocycles. The SMILES string of the molecule is O=C(O)C(Cc1csc2ccc(Cl)cc12)c1cn(Cc2csc3ccc(Cl)cc23)c2cc(Br)ccc12. The van der Waals surface area contributed by atoms with Crippen molar-refractivity contribution >= 4 is 98.8 Å². The van der Waals surface area contributed by atoms with E-state index in [1.54, 1.807) is 22.7 Å². The Bertz CT molecular complexity index is 1790. The van der Waals surface area contributed by atoms with E-state index < -0.39 is 11.9 Å². The molecule has 6 aromatic rings. The number of carbonyl (C=O) groups is 1. The first kappa shape index (κ1) is 24.0. The minimum Gasteiger partial charge on any atom is -0.481 e. The molecule has 0 saturated carbocycles. The van der Waals surface area contributed by atoms with Gasteiger partial charge >= 0.3 is 5.97 Å². The van der Waals surface area contributed by atoms with E-state index in [1.165, 1.54) is 4.70 Å². The fraction of sp³-hybridized carbons (Fsp3) is 0.107. The van der Waals surface area contributed by atoms with Crippen LogP contribution in [0.1, 0.15) is 22.6 Å². The number of carboxylic acids is 1. The largest absolute Gasteiger partial charge is 0.481 e. The summed E-state index contributed by atoms with van der Waals surface area (Å²) in [6, 6.07) is 17.8. The number of halogens is 3. The summed E-state index contributed by atoms with van der Waals surface area (Å²) in [5.41, 5.74) is 3.96. The summed E-state index contributed by atoms with van der Waals surface area (Å²) < 4.78 is 5.38. The topological polar surface area (TPSA) is 42.2 Å². The number of rotatable bonds is 6. The minimum absolute atomic E-state index is 0.391. The molecule has 0 aliphatic rings. The van der Waals surface area contributed by atoms with Gasteiger partial charge in [-0.2, -0.15) is 0 Å². The van der Waals surface area contributed by atoms with Gasteiger partial charge in [0.1, 0.15) is 0 Å². The van der Waals surface area contributed by atoms with Crippen molar-refractivity contribution in [3.8, 4) is 0 Å². The molecule has 8 heteroatoms. The average molecular weight is 615 g/mol. The second-order valence-electron chi connectivity index (χ2n) is 8.77. The van der Waals surface area contributed by atoms with Crippen LogP contribution >= 0.6 is 61.8 Å². The van der Waals surface area contributed by atoms with E-state index >= 15 is 0 Å². The number of benzene rings is 3. The first-order valence-electron chi connectivity index (χ1n) is 11.2. The van der Waals surface area contributed by atoms with Crippen LogP contribution in [0.25, 0.3) is 31.1 Å². The summed E-state index contributed by atoms with van der Waals surface area (Å²) in [7, 11) is 0. The van der Waals surface area contributed by atoms with Crippen molar-refractivity contribution in [3.63, 3.8) is 0 Å². The highest BCUT2D eigenvalue weighted by Crippen LogP contribution is 2.37. The molecule has 1 atom stereocenters. The number of aliphatic carboxylic acids is 1. The molecule has 6 rings (SSSR count). The van der Waals surface area contributed by atoms with Crippen molar-refractivity contribution in [3.05, 3.63) is 103 Å². The lowest BCUT2D eigenvalue weighted by molar-refractivity contribution is -0.138. The third-order valence-electron chi connectivity index (χ3n) is 6.54. The van der Waals surface area contributed by atoms with E-state index in [1.807, 2.05) is 60.1 Å². The van der Waals surface area contributed by atoms with Gasteiger partial charge in [0.15, 0.2) is 0 Å². The van der Waals surface area contributed by atoms with E-state index in [4.69, 9.17) is 23.2 Å². The average Bonchev–Trinajstić information content (AvgIpc) is 3.53. The number of thiophene rings is 2. The Hall–Kier alpha value is -2.35. The van der Waals surface area contributed by atoms with Crippen LogP contribution in [0.15, 0.2) is 76.0 Å². The fourth-order valence-electron chi connectivity index (χ4n) is 4.82. The van der Waals surface area contributed by atoms with E-state index in [0.717, 1.165) is 47.5 Å². The van der Waals surface area contributed by atoms with E-state index in [0.29, 0.717) is 23.0 Å². The molecular formula is C28H18BrCl2NO2S2. The lowest BCUT2D eigenvalue weighted by Gasteiger charge is -2.12. The summed E-state index contributed by atoms with van der Waals surface area (Å²) in [5.74, 6) is -1.54. The number of nitrogens with zero attached hydrogens (tertiary/aromatic N) is 1. The maximum Gasteiger partial charge on any atom is 0.311 e. The normalized spacial score (nSPS) is 12.6. The number of fused-ring (bicyclic) bond motifs is 3. The molecule has 3 nitrogen and oxygen atoms in total. The molecule has 1 N–H and O–H groups in total. The van der Waals surface area contributed by atoms with Gasteiger partial charge in [-0.3, -0.25) is 4.79 Å². The molecule has 0 aliphatic carbocycles. The van der Waals surface area contributed by atoms with Crippen molar-refractivity contribution in [2.45, 2.75) is 18.9 Å². The molecule has 0 aliphatic heterocycles. The summed E-state index contributed by atoms with van der Waals surface area (Å²) >= 11 is 19.4. The smallest absolute Gasteiger partial charge is 0.311 e. The summed E-state index contributed by atoms with van der Waals surface area (Å²) in [6.45, 7) is 0.622. The molecule has 0 saturated heterocycles. The molecule has 0 radical (unpaired) electrons. The second kappa shape index (κ2) is 9.51. The molecule has 1 unspecified atom stereocenters. The number of aromatic nitrogens is 1. The molecule has 0 bridgehead atoms. The third kappa shape index (κ3) is 4.35. The van der Waals surface area contributed by atoms with Gasteiger partial charge in [-0.1, -0.05) is 45.2 Å². The van der Waals surface area contributed by atoms with Crippen LogP contribution in [0, 0.1) is 0 Å². The third-order valence-corrected chi connectivity index (χ3v) is 9.53. The van der Waals surface area contributed by atoms with Crippen molar-refractivity contribution in [1.29, 1.82) is 0 Å². The van der Waals surface area contributed by atoms with Gasteiger partial charge in [-0.25, -0.2) is 0 Å². The molecule has 0 spiro atoms. The lowest BCUT2D eigenvalue weighted by Crippen LogP contribution is -2.14. The van der Waals surface area contributed by atoms with Gasteiger partial charge in [0.2, 0.25) is 0 Å². The van der Waals surface area contributed by atoms with Crippen molar-refractivity contribution < 1.29 is 9.90 Å². The Morgan fingerprint density at radius 3 is 2.19 bits per heavy atom. The number of carboxylic acid groups (broad SMARTS) is 1. The number of hydrogen-bond donors (Lipinski definition) is 1. The zero-order valence-corrected chi connectivity index (χ0v) is 23.4. The highest BCUT2D eigenvalue weighted by atomic mass is 79.9. The Morgan fingerprint density at radius 1 is 0.889 bits per heavy atom. The predicted molar refractivity (Wildman–Crippen MR) is 156 cm³/mol. The first-order valence-corrected chi connectivity index (χ1v) is 14.5. The molecule has 0 amide bonds. The van der Waals surface area contributed by atoms with Gasteiger partial charge in [0.05, 0.1) is 5.92 Å². The van der Waals surface area contributed by atoms with E-state index in [2.05, 4.69) is 31.9 Å². The molecule has 3 aromatic carbocycles. The summed E-state index contributed by atoms with van der Waals surface area (Å²) in [6.07, 6.45) is 2.40. The van der Waals surface area contributed by atoms with Crippen LogP contribution in [-0.2, 0) is 17.8 Å². The quantitative estimate of drug-likeness (QED) is 0.203. The van der Waals surface area contributed by atoms with Crippen LogP contribution in [0.5, 0.6) is 0 Å². The van der Waals surface area contributed by atoms with Crippen LogP contribution in [-0.4, -0.2) is 15.6 Å². The second-order valence-corrected chi connectivity index (χ2v) is 12.4. The Balaban J connectivity index is 1.46. The molecule has 36 heavy (non-hydrogen) atoms. The van der Waals surface area contributed by atoms with Gasteiger partial charge < -0.3 is 9.67 Å². The Labute approximate surface area is 233 Å². The monoisotopic (exact) mass is 613 g/mol. The predicted octanol–water partition coefficient (Wildman–Crippen LogP) is 9.60. The van der Waals surface area contributed by atoms with Gasteiger partial charge in [-0.05, 0) is 93.2 Å². The number of hydrogen-bond acceptors (Lipinski definition) is 3. The highest BCUT2D eigenvalue weighted by Gasteiger charge is 2.26. The van der Waals surface area contributed by atoms with Gasteiger partial charge in [0.25, 0.3) is 0 Å². The standard InChI is InChI=1S/C28H18BrCl2NO2S2/c29-17-1-4-20-24(23(28(33)34)7-15-13-35-26-5-2-18(30)9-21(15)26)12-32(25(20)8-17)11-16-14-36-27-6-3-19(31)10-22(16)27/h1-6,8-10,12-14,23H,7,11H2,(H,33,34). The Morgan fingerprint density at radius 2 is 1.53 bits per heavy atom. The minimum atomic E-state index is -0.842. The van der Waals surface area contributed by atoms with Crippen molar-refractivity contribution in [2.75, 3.05) is 0 Å². The molecule has 180 valence electrons. The summed E-state index contributed by atoms with van der Waals surface area (Å²) in [5, 5.41) is 19.0. The van der Waals surface area contributed by atoms with E-state index in [-0.39, 0.29) is 0 Å². The van der Waals surface area contributed by atoms with Crippen LogP contribution in [0.2, 0.25) is 10.0 Å². The van der Waals surface area contributed by atoms with Crippen LogP contribution in [0.3, 0.4) is 0 Å². The highest BCUT2D eigenvalue weighted by molar-refractivity contribution is 9.10. The molecule has 0 fully saturated rings. The Kier molecular flexibility index (Phi) is 6.34. The summed E-state index contributed by atoms with van der Waals surface area (Å²) in [4.78, 5) is 12.6. The maximum absolute atomic E-state index is 12.6. The molecular weight excluding hydrogens is 597 g/mol. The van der Waals surface area contributed by atoms with Crippen LogP contribution in [0.4, 0.5) is 0 Å². The zero-order chi connectivity index (χ0) is 25.0. The fourth-order valence-corrected chi connectivity index (χ4v) is 7.41. The van der Waals surface area contributed by atoms with Crippen molar-refractivity contribution in [2.24, 2.45) is 0 Å². The van der Waals surface area contributed by atoms with Gasteiger partial charge in [0, 0.05) is 47.6 Å². The lowest BCUT2D eigenvalue weighted by atomic mass is 9.91. The van der Waals surface area contributed by atoms with Gasteiger partial charge in [-0.15, -0.1) is 22.7 Å². The van der Waals surface area contributed by atoms with E-state index in [9.17, 15) is 9.90 Å². The van der Waals surface area contributed by atoms with Crippen LogP contribution < -0.4 is 0 Å². The van der Waals surface area contributed by atoms with Crippen molar-refractivity contribution in [1.82, 2.24) is 4.57 Å². The molecule has 3 aromatic heterocycles.